The van der Waals surface area contributed by atoms with E-state index in [2.05, 4.69) is 9.97 Å². The zero-order chi connectivity index (χ0) is 13.2. The van der Waals surface area contributed by atoms with Gasteiger partial charge in [0.25, 0.3) is 6.01 Å². The lowest BCUT2D eigenvalue weighted by molar-refractivity contribution is 0.205. The fourth-order valence-corrected chi connectivity index (χ4v) is 2.86. The molecule has 1 fully saturated rings. The van der Waals surface area contributed by atoms with E-state index >= 15 is 0 Å². The molecule has 1 aliphatic carbocycles. The smallest absolute Gasteiger partial charge is 0.294 e. The van der Waals surface area contributed by atoms with E-state index in [0.717, 1.165) is 18.5 Å². The number of aromatic amines is 1. The minimum atomic E-state index is -0.276. The zero-order valence-corrected chi connectivity index (χ0v) is 10.7. The maximum absolute atomic E-state index is 13.1. The Bertz CT molecular complexity index is 569. The lowest BCUT2D eigenvalue weighted by Crippen LogP contribution is -2.23. The summed E-state index contributed by atoms with van der Waals surface area (Å²) in [5.41, 5.74) is 7.13. The summed E-state index contributed by atoms with van der Waals surface area (Å²) in [6.45, 7) is 1.35. The zero-order valence-electron chi connectivity index (χ0n) is 10.7. The molecule has 19 heavy (non-hydrogen) atoms. The molecule has 2 unspecified atom stereocenters. The van der Waals surface area contributed by atoms with Crippen LogP contribution in [0.25, 0.3) is 11.0 Å². The number of nitrogens with zero attached hydrogens (tertiary/aromatic N) is 1. The number of hydrogen-bond donors (Lipinski definition) is 2. The molecule has 0 radical (unpaired) electrons. The van der Waals surface area contributed by atoms with Crippen molar-refractivity contribution in [2.24, 2.45) is 17.6 Å². The molecule has 0 saturated heterocycles. The van der Waals surface area contributed by atoms with Crippen LogP contribution in [0.1, 0.15) is 19.3 Å². The van der Waals surface area contributed by atoms with Crippen molar-refractivity contribution in [2.45, 2.75) is 19.3 Å². The topological polar surface area (TPSA) is 63.9 Å². The van der Waals surface area contributed by atoms with Crippen molar-refractivity contribution < 1.29 is 9.13 Å². The maximum Gasteiger partial charge on any atom is 0.294 e. The number of rotatable bonds is 4. The standard InChI is InChI=1S/C14H18FN3O/c15-11-4-5-12-13(6-11)18-14(17-12)19-8-10-3-1-2-9(10)7-16/h4-6,9-10H,1-3,7-8,16H2,(H,17,18). The fraction of sp³-hybridized carbons (Fsp3) is 0.500. The van der Waals surface area contributed by atoms with Gasteiger partial charge in [-0.25, -0.2) is 4.39 Å². The SMILES string of the molecule is NCC1CCCC1COc1nc2ccc(F)cc2[nH]1. The van der Waals surface area contributed by atoms with E-state index in [1.54, 1.807) is 6.07 Å². The number of nitrogens with two attached hydrogens (primary N) is 1. The molecule has 1 heterocycles. The van der Waals surface area contributed by atoms with Gasteiger partial charge >= 0.3 is 0 Å². The number of imidazole rings is 1. The summed E-state index contributed by atoms with van der Waals surface area (Å²) in [6.07, 6.45) is 3.58. The van der Waals surface area contributed by atoms with Crippen molar-refractivity contribution in [1.29, 1.82) is 0 Å². The molecule has 3 rings (SSSR count). The van der Waals surface area contributed by atoms with Crippen molar-refractivity contribution >= 4 is 11.0 Å². The van der Waals surface area contributed by atoms with E-state index in [9.17, 15) is 4.39 Å². The van der Waals surface area contributed by atoms with Crippen LogP contribution < -0.4 is 10.5 Å². The summed E-state index contributed by atoms with van der Waals surface area (Å²) in [6, 6.07) is 4.93. The van der Waals surface area contributed by atoms with Crippen LogP contribution in [0.2, 0.25) is 0 Å². The molecule has 0 aliphatic heterocycles. The molecular formula is C14H18FN3O. The first-order valence-corrected chi connectivity index (χ1v) is 6.74. The molecule has 0 bridgehead atoms. The number of aromatic nitrogens is 2. The minimum absolute atomic E-state index is 0.276. The third-order valence-electron chi connectivity index (χ3n) is 3.98. The normalized spacial score (nSPS) is 23.1. The minimum Gasteiger partial charge on any atom is -0.464 e. The van der Waals surface area contributed by atoms with Crippen LogP contribution in [-0.2, 0) is 0 Å². The van der Waals surface area contributed by atoms with E-state index in [1.807, 2.05) is 0 Å². The first kappa shape index (κ1) is 12.4. The Morgan fingerprint density at radius 1 is 1.37 bits per heavy atom. The molecule has 0 amide bonds. The van der Waals surface area contributed by atoms with Crippen molar-refractivity contribution in [1.82, 2.24) is 9.97 Å². The third kappa shape index (κ3) is 2.56. The molecule has 2 aromatic rings. The lowest BCUT2D eigenvalue weighted by atomic mass is 9.97. The molecule has 3 N–H and O–H groups in total. The van der Waals surface area contributed by atoms with Crippen molar-refractivity contribution in [3.8, 4) is 6.01 Å². The summed E-state index contributed by atoms with van der Waals surface area (Å²) in [7, 11) is 0. The monoisotopic (exact) mass is 263 g/mol. The van der Waals surface area contributed by atoms with Crippen LogP contribution in [0.5, 0.6) is 6.01 Å². The number of halogens is 1. The molecule has 1 aliphatic rings. The summed E-state index contributed by atoms with van der Waals surface area (Å²) < 4.78 is 18.8. The van der Waals surface area contributed by atoms with Gasteiger partial charge in [-0.3, -0.25) is 0 Å². The fourth-order valence-electron chi connectivity index (χ4n) is 2.86. The van der Waals surface area contributed by atoms with Gasteiger partial charge < -0.3 is 15.5 Å². The highest BCUT2D eigenvalue weighted by molar-refractivity contribution is 5.75. The second-order valence-corrected chi connectivity index (χ2v) is 5.20. The van der Waals surface area contributed by atoms with E-state index in [4.69, 9.17) is 10.5 Å². The second-order valence-electron chi connectivity index (χ2n) is 5.20. The predicted octanol–water partition coefficient (Wildman–Crippen LogP) is 2.46. The molecule has 5 heteroatoms. The van der Waals surface area contributed by atoms with Crippen molar-refractivity contribution in [2.75, 3.05) is 13.2 Å². The van der Waals surface area contributed by atoms with Gasteiger partial charge in [-0.2, -0.15) is 4.98 Å². The number of ether oxygens (including phenoxy) is 1. The Morgan fingerprint density at radius 3 is 3.05 bits per heavy atom. The quantitative estimate of drug-likeness (QED) is 0.890. The number of H-pyrrole nitrogens is 1. The van der Waals surface area contributed by atoms with Gasteiger partial charge in [0.05, 0.1) is 17.6 Å². The van der Waals surface area contributed by atoms with Crippen LogP contribution >= 0.6 is 0 Å². The molecule has 102 valence electrons. The van der Waals surface area contributed by atoms with Gasteiger partial charge in [-0.05, 0) is 49.4 Å². The number of fused-ring (bicyclic) bond motifs is 1. The maximum atomic E-state index is 13.1. The first-order chi connectivity index (χ1) is 9.26. The highest BCUT2D eigenvalue weighted by Gasteiger charge is 2.26. The Balaban J connectivity index is 1.68. The van der Waals surface area contributed by atoms with Gasteiger partial charge in [-0.1, -0.05) is 6.42 Å². The summed E-state index contributed by atoms with van der Waals surface area (Å²) in [4.78, 5) is 7.28. The van der Waals surface area contributed by atoms with Gasteiger partial charge in [0.15, 0.2) is 0 Å². The molecule has 1 aromatic heterocycles. The Morgan fingerprint density at radius 2 is 2.21 bits per heavy atom. The molecule has 1 saturated carbocycles. The Hall–Kier alpha value is -1.62. The van der Waals surface area contributed by atoms with E-state index in [-0.39, 0.29) is 5.82 Å². The van der Waals surface area contributed by atoms with Crippen LogP contribution in [0.4, 0.5) is 4.39 Å². The van der Waals surface area contributed by atoms with Crippen LogP contribution in [0, 0.1) is 17.7 Å². The summed E-state index contributed by atoms with van der Waals surface area (Å²) in [5, 5.41) is 0. The van der Waals surface area contributed by atoms with Crippen LogP contribution in [-0.4, -0.2) is 23.1 Å². The molecular weight excluding hydrogens is 245 g/mol. The highest BCUT2D eigenvalue weighted by Crippen LogP contribution is 2.31. The number of nitrogens with one attached hydrogen (secondary N) is 1. The predicted molar refractivity (Wildman–Crippen MR) is 71.4 cm³/mol. The average Bonchev–Trinajstić information content (AvgIpc) is 3.01. The van der Waals surface area contributed by atoms with Gasteiger partial charge in [0, 0.05) is 0 Å². The molecule has 1 aromatic carbocycles. The largest absolute Gasteiger partial charge is 0.464 e. The second kappa shape index (κ2) is 5.17. The van der Waals surface area contributed by atoms with Gasteiger partial charge in [-0.15, -0.1) is 0 Å². The lowest BCUT2D eigenvalue weighted by Gasteiger charge is -2.16. The first-order valence-electron chi connectivity index (χ1n) is 6.74. The van der Waals surface area contributed by atoms with Gasteiger partial charge in [0.2, 0.25) is 0 Å². The van der Waals surface area contributed by atoms with Crippen LogP contribution in [0.15, 0.2) is 18.2 Å². The van der Waals surface area contributed by atoms with E-state index in [1.165, 1.54) is 25.0 Å². The van der Waals surface area contributed by atoms with Crippen molar-refractivity contribution in [3.05, 3.63) is 24.0 Å². The Labute approximate surface area is 111 Å². The third-order valence-corrected chi connectivity index (χ3v) is 3.98. The van der Waals surface area contributed by atoms with E-state index in [0.29, 0.717) is 30.0 Å². The Kier molecular flexibility index (Phi) is 3.38. The molecule has 4 nitrogen and oxygen atoms in total. The summed E-state index contributed by atoms with van der Waals surface area (Å²) in [5.74, 6) is 0.790. The summed E-state index contributed by atoms with van der Waals surface area (Å²) >= 11 is 0. The number of benzene rings is 1. The van der Waals surface area contributed by atoms with Crippen molar-refractivity contribution in [3.63, 3.8) is 0 Å². The average molecular weight is 263 g/mol. The van der Waals surface area contributed by atoms with Crippen LogP contribution in [0.3, 0.4) is 0 Å². The molecule has 0 spiro atoms. The highest BCUT2D eigenvalue weighted by atomic mass is 19.1. The number of hydrogen-bond acceptors (Lipinski definition) is 3. The van der Waals surface area contributed by atoms with Gasteiger partial charge in [0.1, 0.15) is 5.82 Å². The van der Waals surface area contributed by atoms with E-state index < -0.39 is 0 Å². The molecule has 2 atom stereocenters.